The first kappa shape index (κ1) is 14.7. The predicted molar refractivity (Wildman–Crippen MR) is 71.2 cm³/mol. The van der Waals surface area contributed by atoms with Crippen molar-refractivity contribution in [2.45, 2.75) is 26.2 Å². The van der Waals surface area contributed by atoms with Gasteiger partial charge in [0.1, 0.15) is 0 Å². The Morgan fingerprint density at radius 2 is 2.35 bits per heavy atom. The van der Waals surface area contributed by atoms with Crippen LogP contribution in [0.1, 0.15) is 26.2 Å². The summed E-state index contributed by atoms with van der Waals surface area (Å²) in [5.41, 5.74) is 5.78. The van der Waals surface area contributed by atoms with Gasteiger partial charge in [-0.3, -0.25) is 4.79 Å². The van der Waals surface area contributed by atoms with Crippen molar-refractivity contribution in [2.75, 3.05) is 32.7 Å². The molecule has 0 bridgehead atoms. The van der Waals surface area contributed by atoms with Gasteiger partial charge in [-0.15, -0.1) is 12.4 Å². The number of nitrogens with zero attached hydrogens (tertiary/aromatic N) is 1. The highest BCUT2D eigenvalue weighted by Crippen LogP contribution is 2.27. The molecule has 0 aromatic carbocycles. The molecule has 3 N–H and O–H groups in total. The van der Waals surface area contributed by atoms with E-state index in [1.165, 1.54) is 6.42 Å². The maximum Gasteiger partial charge on any atom is 0.221 e. The van der Waals surface area contributed by atoms with Crippen LogP contribution in [-0.2, 0) is 4.79 Å². The zero-order valence-corrected chi connectivity index (χ0v) is 11.4. The highest BCUT2D eigenvalue weighted by atomic mass is 35.5. The summed E-state index contributed by atoms with van der Waals surface area (Å²) in [6, 6.07) is 0. The number of piperidine rings is 1. The highest BCUT2D eigenvalue weighted by molar-refractivity contribution is 5.85. The van der Waals surface area contributed by atoms with Crippen LogP contribution in [0.5, 0.6) is 0 Å². The Bertz CT molecular complexity index is 266. The third-order valence-electron chi connectivity index (χ3n) is 3.97. The number of hydrogen-bond acceptors (Lipinski definition) is 3. The topological polar surface area (TPSA) is 58.4 Å². The van der Waals surface area contributed by atoms with E-state index in [0.29, 0.717) is 5.41 Å². The maximum absolute atomic E-state index is 11.2. The van der Waals surface area contributed by atoms with Gasteiger partial charge in [-0.2, -0.15) is 0 Å². The third-order valence-corrected chi connectivity index (χ3v) is 3.97. The van der Waals surface area contributed by atoms with E-state index in [1.807, 2.05) is 0 Å². The lowest BCUT2D eigenvalue weighted by Crippen LogP contribution is -2.45. The van der Waals surface area contributed by atoms with Crippen molar-refractivity contribution in [1.29, 1.82) is 0 Å². The largest absolute Gasteiger partial charge is 0.369 e. The first-order chi connectivity index (χ1) is 7.59. The molecule has 2 rings (SSSR count). The minimum absolute atomic E-state index is 0. The number of primary amides is 1. The molecule has 5 heteroatoms. The average molecular weight is 262 g/mol. The summed E-state index contributed by atoms with van der Waals surface area (Å²) in [6.07, 6.45) is 3.32. The molecule has 2 aliphatic rings. The Kier molecular flexibility index (Phi) is 5.22. The minimum atomic E-state index is -0.126. The lowest BCUT2D eigenvalue weighted by atomic mass is 9.87. The summed E-state index contributed by atoms with van der Waals surface area (Å²) in [7, 11) is 0. The van der Waals surface area contributed by atoms with E-state index in [-0.39, 0.29) is 24.2 Å². The second-order valence-corrected chi connectivity index (χ2v) is 5.71. The number of nitrogens with two attached hydrogens (primary N) is 1. The molecule has 4 nitrogen and oxygen atoms in total. The zero-order valence-electron chi connectivity index (χ0n) is 10.6. The molecular formula is C12H24ClN3O. The van der Waals surface area contributed by atoms with Gasteiger partial charge >= 0.3 is 0 Å². The van der Waals surface area contributed by atoms with Gasteiger partial charge in [0, 0.05) is 19.6 Å². The summed E-state index contributed by atoms with van der Waals surface area (Å²) in [6.45, 7) is 7.66. The molecule has 1 amide bonds. The van der Waals surface area contributed by atoms with Gasteiger partial charge in [-0.1, -0.05) is 6.92 Å². The van der Waals surface area contributed by atoms with Crippen LogP contribution in [0.3, 0.4) is 0 Å². The third kappa shape index (κ3) is 3.83. The lowest BCUT2D eigenvalue weighted by molar-refractivity contribution is -0.123. The van der Waals surface area contributed by atoms with Gasteiger partial charge in [0.25, 0.3) is 0 Å². The van der Waals surface area contributed by atoms with Crippen molar-refractivity contribution in [3.63, 3.8) is 0 Å². The molecule has 2 fully saturated rings. The van der Waals surface area contributed by atoms with E-state index in [9.17, 15) is 4.79 Å². The lowest BCUT2D eigenvalue weighted by Gasteiger charge is -2.36. The Morgan fingerprint density at radius 1 is 1.59 bits per heavy atom. The Hall–Kier alpha value is -0.320. The molecular weight excluding hydrogens is 238 g/mol. The first-order valence-electron chi connectivity index (χ1n) is 6.31. The normalized spacial score (nSPS) is 34.3. The van der Waals surface area contributed by atoms with Crippen LogP contribution in [0, 0.1) is 11.3 Å². The standard InChI is InChI=1S/C12H23N3O.ClH/c1-12(4-5-14-8-12)9-15-6-2-3-10(7-15)11(13)16;/h10,14H,2-9H2,1H3,(H2,13,16);1H. The fourth-order valence-electron chi connectivity index (χ4n) is 2.97. The smallest absolute Gasteiger partial charge is 0.221 e. The molecule has 0 aromatic rings. The quantitative estimate of drug-likeness (QED) is 0.783. The van der Waals surface area contributed by atoms with E-state index in [1.54, 1.807) is 0 Å². The number of likely N-dealkylation sites (tertiary alicyclic amines) is 1. The molecule has 17 heavy (non-hydrogen) atoms. The molecule has 0 spiro atoms. The Labute approximate surface area is 110 Å². The molecule has 2 unspecified atom stereocenters. The monoisotopic (exact) mass is 261 g/mol. The molecule has 0 aliphatic carbocycles. The van der Waals surface area contributed by atoms with Crippen molar-refractivity contribution in [1.82, 2.24) is 10.2 Å². The molecule has 2 atom stereocenters. The number of carbonyl (C=O) groups is 1. The van der Waals surface area contributed by atoms with Crippen LogP contribution >= 0.6 is 12.4 Å². The second-order valence-electron chi connectivity index (χ2n) is 5.71. The van der Waals surface area contributed by atoms with Crippen LogP contribution in [0.4, 0.5) is 0 Å². The van der Waals surface area contributed by atoms with Gasteiger partial charge in [-0.05, 0) is 37.8 Å². The molecule has 100 valence electrons. The van der Waals surface area contributed by atoms with E-state index in [4.69, 9.17) is 5.73 Å². The van der Waals surface area contributed by atoms with Gasteiger partial charge < -0.3 is 16.0 Å². The fourth-order valence-corrected chi connectivity index (χ4v) is 2.97. The number of halogens is 1. The second kappa shape index (κ2) is 6.03. The molecule has 0 aromatic heterocycles. The van der Waals surface area contributed by atoms with Crippen LogP contribution < -0.4 is 11.1 Å². The Morgan fingerprint density at radius 3 is 2.94 bits per heavy atom. The van der Waals surface area contributed by atoms with Gasteiger partial charge in [-0.25, -0.2) is 0 Å². The van der Waals surface area contributed by atoms with E-state index >= 15 is 0 Å². The van der Waals surface area contributed by atoms with Gasteiger partial charge in [0.15, 0.2) is 0 Å². The molecule has 0 radical (unpaired) electrons. The molecule has 2 saturated heterocycles. The van der Waals surface area contributed by atoms with Crippen LogP contribution in [0.2, 0.25) is 0 Å². The number of carbonyl (C=O) groups excluding carboxylic acids is 1. The van der Waals surface area contributed by atoms with Crippen molar-refractivity contribution >= 4 is 18.3 Å². The summed E-state index contributed by atoms with van der Waals surface area (Å²) in [5.74, 6) is -0.0499. The number of nitrogens with one attached hydrogen (secondary N) is 1. The van der Waals surface area contributed by atoms with Crippen LogP contribution in [-0.4, -0.2) is 43.5 Å². The van der Waals surface area contributed by atoms with Crippen LogP contribution in [0.15, 0.2) is 0 Å². The summed E-state index contributed by atoms with van der Waals surface area (Å²) in [4.78, 5) is 13.6. The number of rotatable bonds is 3. The maximum atomic E-state index is 11.2. The molecule has 0 saturated carbocycles. The number of hydrogen-bond donors (Lipinski definition) is 2. The molecule has 2 heterocycles. The Balaban J connectivity index is 0.00000144. The van der Waals surface area contributed by atoms with Crippen molar-refractivity contribution in [3.05, 3.63) is 0 Å². The minimum Gasteiger partial charge on any atom is -0.369 e. The van der Waals surface area contributed by atoms with Crippen LogP contribution in [0.25, 0.3) is 0 Å². The van der Waals surface area contributed by atoms with Crippen molar-refractivity contribution in [2.24, 2.45) is 17.1 Å². The summed E-state index contributed by atoms with van der Waals surface area (Å²) < 4.78 is 0. The van der Waals surface area contributed by atoms with E-state index in [2.05, 4.69) is 17.1 Å². The number of amides is 1. The summed E-state index contributed by atoms with van der Waals surface area (Å²) in [5, 5.41) is 3.42. The summed E-state index contributed by atoms with van der Waals surface area (Å²) >= 11 is 0. The predicted octanol–water partition coefficient (Wildman–Crippen LogP) is 0.605. The average Bonchev–Trinajstić information content (AvgIpc) is 2.65. The van der Waals surface area contributed by atoms with E-state index < -0.39 is 0 Å². The van der Waals surface area contributed by atoms with Gasteiger partial charge in [0.2, 0.25) is 5.91 Å². The van der Waals surface area contributed by atoms with Gasteiger partial charge in [0.05, 0.1) is 5.92 Å². The first-order valence-corrected chi connectivity index (χ1v) is 6.31. The van der Waals surface area contributed by atoms with E-state index in [0.717, 1.165) is 45.6 Å². The van der Waals surface area contributed by atoms with Crippen molar-refractivity contribution < 1.29 is 4.79 Å². The molecule has 2 aliphatic heterocycles. The zero-order chi connectivity index (χ0) is 11.6. The van der Waals surface area contributed by atoms with Crippen molar-refractivity contribution in [3.8, 4) is 0 Å². The fraction of sp³-hybridized carbons (Fsp3) is 0.917. The SMILES string of the molecule is CC1(CN2CCCC(C(N)=O)C2)CCNC1.Cl. The highest BCUT2D eigenvalue weighted by Gasteiger charge is 2.33.